The van der Waals surface area contributed by atoms with Gasteiger partial charge in [-0.05, 0) is 12.1 Å². The second kappa shape index (κ2) is 3.16. The zero-order valence-electron chi connectivity index (χ0n) is 9.57. The second-order valence-electron chi connectivity index (χ2n) is 4.05. The van der Waals surface area contributed by atoms with Crippen molar-refractivity contribution in [2.45, 2.75) is 0 Å². The predicted molar refractivity (Wildman–Crippen MR) is 65.3 cm³/mol. The minimum Gasteiger partial charge on any atom is -0.345 e. The standard InChI is InChI=1S/C11H9N7/c1-17-8-3-2-7-9(13-6-12-7)10(8)15-11(17)18-5-4-14-16-18/h2-6H,1H3,(H,12,13). The van der Waals surface area contributed by atoms with Crippen LogP contribution in [-0.4, -0.2) is 34.5 Å². The molecule has 0 bridgehead atoms. The number of H-pyrrole nitrogens is 1. The predicted octanol–water partition coefficient (Wildman–Crippen LogP) is 1.03. The molecular weight excluding hydrogens is 230 g/mol. The average Bonchev–Trinajstić information content (AvgIpc) is 3.06. The quantitative estimate of drug-likeness (QED) is 0.538. The van der Waals surface area contributed by atoms with Gasteiger partial charge in [-0.3, -0.25) is 0 Å². The number of aryl methyl sites for hydroxylation is 1. The van der Waals surface area contributed by atoms with Gasteiger partial charge in [-0.15, -0.1) is 5.10 Å². The number of nitrogens with one attached hydrogen (secondary N) is 1. The van der Waals surface area contributed by atoms with E-state index in [9.17, 15) is 0 Å². The minimum absolute atomic E-state index is 0.720. The molecule has 4 aromatic rings. The van der Waals surface area contributed by atoms with Gasteiger partial charge in [0.05, 0.1) is 29.8 Å². The summed E-state index contributed by atoms with van der Waals surface area (Å²) in [5.74, 6) is 0.720. The van der Waals surface area contributed by atoms with Crippen LogP contribution in [0.4, 0.5) is 0 Å². The van der Waals surface area contributed by atoms with Crippen LogP contribution in [0.5, 0.6) is 0 Å². The normalized spacial score (nSPS) is 11.6. The Morgan fingerprint density at radius 2 is 2.17 bits per heavy atom. The molecule has 0 spiro atoms. The molecule has 0 amide bonds. The zero-order chi connectivity index (χ0) is 12.1. The Labute approximate surface area is 101 Å². The molecule has 0 unspecified atom stereocenters. The highest BCUT2D eigenvalue weighted by Crippen LogP contribution is 2.23. The molecule has 0 aliphatic rings. The number of rotatable bonds is 1. The highest BCUT2D eigenvalue weighted by molar-refractivity contribution is 6.00. The maximum atomic E-state index is 4.60. The number of hydrogen-bond acceptors (Lipinski definition) is 4. The summed E-state index contributed by atoms with van der Waals surface area (Å²) >= 11 is 0. The number of benzene rings is 1. The fourth-order valence-electron chi connectivity index (χ4n) is 2.17. The van der Waals surface area contributed by atoms with Gasteiger partial charge in [-0.2, -0.15) is 4.68 Å². The first-order valence-electron chi connectivity index (χ1n) is 5.50. The van der Waals surface area contributed by atoms with Crippen molar-refractivity contribution in [3.8, 4) is 5.95 Å². The van der Waals surface area contributed by atoms with E-state index in [1.807, 2.05) is 23.7 Å². The van der Waals surface area contributed by atoms with E-state index in [1.165, 1.54) is 0 Å². The fraction of sp³-hybridized carbons (Fsp3) is 0.0909. The van der Waals surface area contributed by atoms with Crippen molar-refractivity contribution in [3.05, 3.63) is 30.9 Å². The van der Waals surface area contributed by atoms with E-state index in [0.717, 1.165) is 28.0 Å². The van der Waals surface area contributed by atoms with E-state index < -0.39 is 0 Å². The SMILES string of the molecule is Cn1c(-n2ccnn2)nc2c3nc[nH]c3ccc21. The van der Waals surface area contributed by atoms with Gasteiger partial charge in [0, 0.05) is 7.05 Å². The Kier molecular flexibility index (Phi) is 1.64. The number of fused-ring (bicyclic) bond motifs is 3. The first-order valence-corrected chi connectivity index (χ1v) is 5.50. The average molecular weight is 239 g/mol. The number of hydrogen-bond donors (Lipinski definition) is 1. The van der Waals surface area contributed by atoms with E-state index in [-0.39, 0.29) is 0 Å². The van der Waals surface area contributed by atoms with E-state index >= 15 is 0 Å². The van der Waals surface area contributed by atoms with Gasteiger partial charge in [-0.25, -0.2) is 9.97 Å². The summed E-state index contributed by atoms with van der Waals surface area (Å²) in [4.78, 5) is 12.0. The molecule has 0 aliphatic heterocycles. The minimum atomic E-state index is 0.720. The second-order valence-corrected chi connectivity index (χ2v) is 4.05. The summed E-state index contributed by atoms with van der Waals surface area (Å²) in [5.41, 5.74) is 3.72. The molecule has 0 radical (unpaired) electrons. The first kappa shape index (κ1) is 9.34. The summed E-state index contributed by atoms with van der Waals surface area (Å²) in [7, 11) is 1.95. The van der Waals surface area contributed by atoms with Gasteiger partial charge >= 0.3 is 0 Å². The molecule has 1 N–H and O–H groups in total. The molecule has 0 saturated heterocycles. The number of aromatic nitrogens is 7. The summed E-state index contributed by atoms with van der Waals surface area (Å²) in [6.07, 6.45) is 5.07. The molecule has 88 valence electrons. The Morgan fingerprint density at radius 1 is 1.22 bits per heavy atom. The van der Waals surface area contributed by atoms with E-state index in [4.69, 9.17) is 0 Å². The van der Waals surface area contributed by atoms with Gasteiger partial charge in [0.15, 0.2) is 0 Å². The van der Waals surface area contributed by atoms with E-state index in [2.05, 4.69) is 25.3 Å². The monoisotopic (exact) mass is 239 g/mol. The smallest absolute Gasteiger partial charge is 0.233 e. The maximum absolute atomic E-state index is 4.60. The summed E-state index contributed by atoms with van der Waals surface area (Å²) in [6.45, 7) is 0. The lowest BCUT2D eigenvalue weighted by Crippen LogP contribution is -2.03. The Hall–Kier alpha value is -2.70. The van der Waals surface area contributed by atoms with Gasteiger partial charge in [-0.1, -0.05) is 5.21 Å². The van der Waals surface area contributed by atoms with Crippen LogP contribution in [-0.2, 0) is 7.05 Å². The lowest BCUT2D eigenvalue weighted by Gasteiger charge is -1.99. The topological polar surface area (TPSA) is 77.2 Å². The van der Waals surface area contributed by atoms with E-state index in [0.29, 0.717) is 0 Å². The largest absolute Gasteiger partial charge is 0.345 e. The van der Waals surface area contributed by atoms with Gasteiger partial charge in [0.25, 0.3) is 0 Å². The number of aromatic amines is 1. The highest BCUT2D eigenvalue weighted by Gasteiger charge is 2.13. The van der Waals surface area contributed by atoms with E-state index in [1.54, 1.807) is 23.4 Å². The van der Waals surface area contributed by atoms with Crippen LogP contribution < -0.4 is 0 Å². The number of nitrogens with zero attached hydrogens (tertiary/aromatic N) is 6. The van der Waals surface area contributed by atoms with Crippen molar-refractivity contribution in [1.29, 1.82) is 0 Å². The summed E-state index contributed by atoms with van der Waals surface area (Å²) < 4.78 is 3.61. The Morgan fingerprint density at radius 3 is 3.00 bits per heavy atom. The third-order valence-electron chi connectivity index (χ3n) is 3.04. The molecule has 4 rings (SSSR count). The molecule has 0 aliphatic carbocycles. The molecule has 0 fully saturated rings. The lowest BCUT2D eigenvalue weighted by molar-refractivity contribution is 0.723. The van der Waals surface area contributed by atoms with Crippen LogP contribution >= 0.6 is 0 Å². The molecule has 3 heterocycles. The highest BCUT2D eigenvalue weighted by atomic mass is 15.5. The molecule has 0 atom stereocenters. The summed E-state index contributed by atoms with van der Waals surface area (Å²) in [6, 6.07) is 4.01. The van der Waals surface area contributed by atoms with Crippen LogP contribution in [0.25, 0.3) is 28.0 Å². The molecular formula is C11H9N7. The van der Waals surface area contributed by atoms with Gasteiger partial charge in [0.1, 0.15) is 11.0 Å². The van der Waals surface area contributed by atoms with Crippen molar-refractivity contribution < 1.29 is 0 Å². The van der Waals surface area contributed by atoms with Crippen molar-refractivity contribution in [2.75, 3.05) is 0 Å². The van der Waals surface area contributed by atoms with Crippen LogP contribution in [0.1, 0.15) is 0 Å². The van der Waals surface area contributed by atoms with Crippen molar-refractivity contribution in [3.63, 3.8) is 0 Å². The summed E-state index contributed by atoms with van der Waals surface area (Å²) in [5, 5.41) is 7.77. The van der Waals surface area contributed by atoms with Gasteiger partial charge in [0.2, 0.25) is 5.95 Å². The molecule has 0 saturated carbocycles. The molecule has 7 heteroatoms. The first-order chi connectivity index (χ1) is 8.84. The molecule has 3 aromatic heterocycles. The molecule has 18 heavy (non-hydrogen) atoms. The maximum Gasteiger partial charge on any atom is 0.233 e. The van der Waals surface area contributed by atoms with Crippen molar-refractivity contribution >= 4 is 22.1 Å². The van der Waals surface area contributed by atoms with Crippen LogP contribution in [0.15, 0.2) is 30.9 Å². The van der Waals surface area contributed by atoms with Gasteiger partial charge < -0.3 is 9.55 Å². The van der Waals surface area contributed by atoms with Crippen molar-refractivity contribution in [1.82, 2.24) is 34.5 Å². The molecule has 7 nitrogen and oxygen atoms in total. The Balaban J connectivity index is 2.15. The third-order valence-corrected chi connectivity index (χ3v) is 3.04. The van der Waals surface area contributed by atoms with Crippen LogP contribution in [0, 0.1) is 0 Å². The third kappa shape index (κ3) is 1.07. The number of imidazole rings is 2. The molecule has 1 aromatic carbocycles. The lowest BCUT2D eigenvalue weighted by atomic mass is 10.2. The van der Waals surface area contributed by atoms with Crippen LogP contribution in [0.3, 0.4) is 0 Å². The van der Waals surface area contributed by atoms with Crippen LogP contribution in [0.2, 0.25) is 0 Å². The Bertz CT molecular complexity index is 837. The zero-order valence-corrected chi connectivity index (χ0v) is 9.57. The van der Waals surface area contributed by atoms with Crippen molar-refractivity contribution in [2.24, 2.45) is 7.05 Å². The fourth-order valence-corrected chi connectivity index (χ4v) is 2.17.